The Balaban J connectivity index is 2.18. The fourth-order valence-electron chi connectivity index (χ4n) is 1.77. The fraction of sp³-hybridized carbons (Fsp3) is 0.154. The van der Waals surface area contributed by atoms with Crippen LogP contribution in [0.1, 0.15) is 11.3 Å². The molecule has 0 fully saturated rings. The topological polar surface area (TPSA) is 83.3 Å². The molecule has 0 aliphatic heterocycles. The number of hydrogen-bond acceptors (Lipinski definition) is 5. The molecule has 1 aromatic carbocycles. The molecule has 0 spiro atoms. The minimum absolute atomic E-state index is 0.281. The Labute approximate surface area is 109 Å². The molecule has 0 atom stereocenters. The van der Waals surface area contributed by atoms with E-state index in [1.165, 1.54) is 6.07 Å². The second-order valence-corrected chi connectivity index (χ2v) is 3.98. The number of nitro groups is 1. The third-order valence-corrected chi connectivity index (χ3v) is 2.66. The lowest BCUT2D eigenvalue weighted by molar-refractivity contribution is -0.402. The van der Waals surface area contributed by atoms with Crippen LogP contribution in [0.25, 0.3) is 0 Å². The number of nitrogens with zero attached hydrogens (tertiary/aromatic N) is 3. The predicted molar refractivity (Wildman–Crippen MR) is 68.6 cm³/mol. The molecule has 2 rings (SSSR count). The zero-order valence-corrected chi connectivity index (χ0v) is 10.2. The highest BCUT2D eigenvalue weighted by Crippen LogP contribution is 2.22. The molecule has 0 aliphatic carbocycles. The molecule has 0 aliphatic rings. The van der Waals surface area contributed by atoms with Gasteiger partial charge >= 0.3 is 5.88 Å². The molecule has 0 bridgehead atoms. The number of nitriles is 1. The summed E-state index contributed by atoms with van der Waals surface area (Å²) in [6.07, 6.45) is 0. The van der Waals surface area contributed by atoms with Crippen molar-refractivity contribution >= 4 is 11.6 Å². The summed E-state index contributed by atoms with van der Waals surface area (Å²) in [5.74, 6) is 0.193. The Morgan fingerprint density at radius 3 is 2.74 bits per heavy atom. The van der Waals surface area contributed by atoms with Crippen LogP contribution in [0.15, 0.2) is 40.8 Å². The highest BCUT2D eigenvalue weighted by Gasteiger charge is 2.14. The van der Waals surface area contributed by atoms with Gasteiger partial charge in [0.05, 0.1) is 23.9 Å². The van der Waals surface area contributed by atoms with Gasteiger partial charge in [0.1, 0.15) is 16.8 Å². The van der Waals surface area contributed by atoms with Crippen LogP contribution in [0, 0.1) is 21.4 Å². The average molecular weight is 257 g/mol. The molecule has 96 valence electrons. The van der Waals surface area contributed by atoms with Gasteiger partial charge in [0.15, 0.2) is 0 Å². The third kappa shape index (κ3) is 2.72. The molecule has 1 aromatic heterocycles. The molecule has 0 unspecified atom stereocenters. The predicted octanol–water partition coefficient (Wildman–Crippen LogP) is 2.70. The van der Waals surface area contributed by atoms with Gasteiger partial charge in [-0.05, 0) is 18.2 Å². The van der Waals surface area contributed by atoms with E-state index in [9.17, 15) is 10.1 Å². The van der Waals surface area contributed by atoms with Crippen LogP contribution < -0.4 is 4.90 Å². The first kappa shape index (κ1) is 12.6. The van der Waals surface area contributed by atoms with Crippen LogP contribution in [-0.2, 0) is 6.54 Å². The zero-order chi connectivity index (χ0) is 13.8. The van der Waals surface area contributed by atoms with Crippen LogP contribution in [-0.4, -0.2) is 12.0 Å². The molecule has 19 heavy (non-hydrogen) atoms. The van der Waals surface area contributed by atoms with Crippen molar-refractivity contribution in [2.45, 2.75) is 6.54 Å². The van der Waals surface area contributed by atoms with Gasteiger partial charge in [-0.3, -0.25) is 10.1 Å². The van der Waals surface area contributed by atoms with Gasteiger partial charge in [-0.1, -0.05) is 12.1 Å². The lowest BCUT2D eigenvalue weighted by atomic mass is 10.2. The molecule has 0 saturated heterocycles. The van der Waals surface area contributed by atoms with Crippen molar-refractivity contribution in [1.29, 1.82) is 5.26 Å². The highest BCUT2D eigenvalue weighted by atomic mass is 16.6. The van der Waals surface area contributed by atoms with Crippen LogP contribution in [0.5, 0.6) is 0 Å². The Morgan fingerprint density at radius 1 is 1.37 bits per heavy atom. The van der Waals surface area contributed by atoms with Crippen molar-refractivity contribution in [3.63, 3.8) is 0 Å². The van der Waals surface area contributed by atoms with Gasteiger partial charge in [0.25, 0.3) is 0 Å². The van der Waals surface area contributed by atoms with Crippen molar-refractivity contribution in [2.24, 2.45) is 0 Å². The van der Waals surface area contributed by atoms with E-state index >= 15 is 0 Å². The Hall–Kier alpha value is -2.81. The van der Waals surface area contributed by atoms with Crippen molar-refractivity contribution in [1.82, 2.24) is 0 Å². The summed E-state index contributed by atoms with van der Waals surface area (Å²) in [5, 5.41) is 19.5. The normalized spacial score (nSPS) is 9.89. The smallest absolute Gasteiger partial charge is 0.404 e. The van der Waals surface area contributed by atoms with E-state index in [-0.39, 0.29) is 5.88 Å². The van der Waals surface area contributed by atoms with E-state index in [0.29, 0.717) is 17.9 Å². The highest BCUT2D eigenvalue weighted by molar-refractivity contribution is 5.58. The molecule has 0 saturated carbocycles. The fourth-order valence-corrected chi connectivity index (χ4v) is 1.77. The van der Waals surface area contributed by atoms with E-state index in [1.807, 2.05) is 12.1 Å². The van der Waals surface area contributed by atoms with Crippen molar-refractivity contribution in [3.8, 4) is 6.07 Å². The van der Waals surface area contributed by atoms with Crippen molar-refractivity contribution < 1.29 is 9.34 Å². The van der Waals surface area contributed by atoms with Gasteiger partial charge in [0, 0.05) is 7.05 Å². The molecule has 2 aromatic rings. The maximum Gasteiger partial charge on any atom is 0.433 e. The monoisotopic (exact) mass is 257 g/mol. The Bertz CT molecular complexity index is 643. The second-order valence-electron chi connectivity index (χ2n) is 3.98. The number of furan rings is 1. The molecule has 1 heterocycles. The number of anilines is 1. The summed E-state index contributed by atoms with van der Waals surface area (Å²) in [6, 6.07) is 12.1. The molecule has 6 heteroatoms. The number of para-hydroxylation sites is 1. The first-order valence-electron chi connectivity index (χ1n) is 5.55. The molecule has 0 radical (unpaired) electrons. The van der Waals surface area contributed by atoms with Crippen LogP contribution in [0.4, 0.5) is 11.6 Å². The lowest BCUT2D eigenvalue weighted by Gasteiger charge is -2.18. The summed E-state index contributed by atoms with van der Waals surface area (Å²) in [4.78, 5) is 11.8. The largest absolute Gasteiger partial charge is 0.433 e. The molecular weight excluding hydrogens is 246 g/mol. The van der Waals surface area contributed by atoms with Gasteiger partial charge in [0.2, 0.25) is 0 Å². The minimum Gasteiger partial charge on any atom is -0.404 e. The molecule has 0 amide bonds. The maximum absolute atomic E-state index is 10.5. The first-order chi connectivity index (χ1) is 9.11. The van der Waals surface area contributed by atoms with Gasteiger partial charge in [-0.2, -0.15) is 5.26 Å². The summed E-state index contributed by atoms with van der Waals surface area (Å²) in [7, 11) is 1.80. The molecule has 6 nitrogen and oxygen atoms in total. The van der Waals surface area contributed by atoms with Crippen LogP contribution in [0.2, 0.25) is 0 Å². The quantitative estimate of drug-likeness (QED) is 0.621. The van der Waals surface area contributed by atoms with Crippen LogP contribution in [0.3, 0.4) is 0 Å². The van der Waals surface area contributed by atoms with E-state index in [2.05, 4.69) is 6.07 Å². The zero-order valence-electron chi connectivity index (χ0n) is 10.2. The summed E-state index contributed by atoms with van der Waals surface area (Å²) in [6.45, 7) is 0.354. The third-order valence-electron chi connectivity index (χ3n) is 2.66. The number of hydrogen-bond donors (Lipinski definition) is 0. The number of rotatable bonds is 4. The maximum atomic E-state index is 10.5. The van der Waals surface area contributed by atoms with E-state index in [4.69, 9.17) is 9.68 Å². The lowest BCUT2D eigenvalue weighted by Crippen LogP contribution is -2.17. The summed E-state index contributed by atoms with van der Waals surface area (Å²) < 4.78 is 5.09. The second kappa shape index (κ2) is 5.23. The SMILES string of the molecule is CN(Cc1ccc([N+](=O)[O-])o1)c1ccccc1C#N. The van der Waals surface area contributed by atoms with Gasteiger partial charge in [-0.15, -0.1) is 0 Å². The van der Waals surface area contributed by atoms with Crippen molar-refractivity contribution in [2.75, 3.05) is 11.9 Å². The summed E-state index contributed by atoms with van der Waals surface area (Å²) >= 11 is 0. The number of benzene rings is 1. The van der Waals surface area contributed by atoms with Crippen molar-refractivity contribution in [3.05, 3.63) is 57.8 Å². The van der Waals surface area contributed by atoms with E-state index < -0.39 is 4.92 Å². The molecule has 0 N–H and O–H groups in total. The average Bonchev–Trinajstić information content (AvgIpc) is 2.87. The minimum atomic E-state index is -0.577. The van der Waals surface area contributed by atoms with Gasteiger partial charge in [-0.25, -0.2) is 0 Å². The summed E-state index contributed by atoms with van der Waals surface area (Å²) in [5.41, 5.74) is 1.30. The Kier molecular flexibility index (Phi) is 3.48. The molecular formula is C13H11N3O3. The van der Waals surface area contributed by atoms with Crippen LogP contribution >= 0.6 is 0 Å². The first-order valence-corrected chi connectivity index (χ1v) is 5.55. The van der Waals surface area contributed by atoms with E-state index in [1.54, 1.807) is 30.1 Å². The standard InChI is InChI=1S/C13H11N3O3/c1-15(12-5-3-2-4-10(12)8-14)9-11-6-7-13(19-11)16(17)18/h2-7H,9H2,1H3. The van der Waals surface area contributed by atoms with Gasteiger partial charge < -0.3 is 9.32 Å². The Morgan fingerprint density at radius 2 is 2.11 bits per heavy atom. The van der Waals surface area contributed by atoms with E-state index in [0.717, 1.165) is 5.69 Å².